The molecule has 0 aliphatic rings. The first-order chi connectivity index (χ1) is 8.91. The van der Waals surface area contributed by atoms with Crippen molar-refractivity contribution in [1.82, 2.24) is 0 Å². The predicted octanol–water partition coefficient (Wildman–Crippen LogP) is -1.14. The van der Waals surface area contributed by atoms with Gasteiger partial charge in [-0.05, 0) is 35.3 Å². The Morgan fingerprint density at radius 3 is 1.55 bits per heavy atom. The van der Waals surface area contributed by atoms with Gasteiger partial charge in [-0.15, -0.1) is 0 Å². The molecule has 0 spiro atoms. The second-order valence-electron chi connectivity index (χ2n) is 3.34. The van der Waals surface area contributed by atoms with Crippen molar-refractivity contribution in [1.29, 1.82) is 0 Å². The fraction of sp³-hybridized carbons (Fsp3) is 0. The van der Waals surface area contributed by atoms with E-state index in [2.05, 4.69) is 0 Å². The van der Waals surface area contributed by atoms with Gasteiger partial charge in [0.25, 0.3) is 10.1 Å². The third-order valence-corrected chi connectivity index (χ3v) is 3.50. The Bertz CT molecular complexity index is 629. The number of hydrogen-bond donors (Lipinski definition) is 1. The summed E-state index contributed by atoms with van der Waals surface area (Å²) >= 11 is -2.08. The SMILES string of the molecule is O=S(=O)(O)c1ccccc1.O=S([O-])c1ccccc1.[K+]. The molecule has 0 fully saturated rings. The molecular weight excluding hydrogens is 327 g/mol. The van der Waals surface area contributed by atoms with E-state index in [0.717, 1.165) is 0 Å². The van der Waals surface area contributed by atoms with E-state index >= 15 is 0 Å². The zero-order valence-electron chi connectivity index (χ0n) is 10.7. The molecule has 2 rings (SSSR count). The standard InChI is InChI=1S/C6H6O3S.C6H6O2S.K/c7-10(8,9)6-4-2-1-3-5-6;7-9(8)6-4-2-1-3-5-6;/h1-5H,(H,7,8,9);1-5H,(H,7,8);/q;;+1/p-1. The summed E-state index contributed by atoms with van der Waals surface area (Å²) in [5.74, 6) is 0. The number of benzene rings is 2. The molecule has 5 nitrogen and oxygen atoms in total. The summed E-state index contributed by atoms with van der Waals surface area (Å²) in [6.07, 6.45) is 0. The zero-order valence-corrected chi connectivity index (χ0v) is 15.4. The van der Waals surface area contributed by atoms with Crippen LogP contribution in [0.1, 0.15) is 0 Å². The molecule has 0 radical (unpaired) electrons. The van der Waals surface area contributed by atoms with E-state index in [9.17, 15) is 17.2 Å². The van der Waals surface area contributed by atoms with Crippen molar-refractivity contribution in [2.45, 2.75) is 9.79 Å². The summed E-state index contributed by atoms with van der Waals surface area (Å²) in [5, 5.41) is 0. The minimum Gasteiger partial charge on any atom is -0.768 e. The first-order valence-corrected chi connectivity index (χ1v) is 7.59. The van der Waals surface area contributed by atoms with Crippen LogP contribution < -0.4 is 51.4 Å². The van der Waals surface area contributed by atoms with Gasteiger partial charge in [0.1, 0.15) is 0 Å². The Balaban J connectivity index is 0.000000345. The Hall–Kier alpha value is 0.0964. The maximum absolute atomic E-state index is 10.4. The van der Waals surface area contributed by atoms with E-state index < -0.39 is 21.2 Å². The zero-order chi connectivity index (χ0) is 14.3. The van der Waals surface area contributed by atoms with Crippen LogP contribution in [0.15, 0.2) is 70.5 Å². The van der Waals surface area contributed by atoms with Gasteiger partial charge in [-0.3, -0.25) is 8.76 Å². The molecule has 0 aliphatic carbocycles. The van der Waals surface area contributed by atoms with Crippen LogP contribution in [0.2, 0.25) is 0 Å². The summed E-state index contributed by atoms with van der Waals surface area (Å²) < 4.78 is 49.6. The molecule has 0 heterocycles. The molecule has 0 aromatic heterocycles. The van der Waals surface area contributed by atoms with Gasteiger partial charge in [0.15, 0.2) is 0 Å². The van der Waals surface area contributed by atoms with Crippen LogP contribution in [0, 0.1) is 0 Å². The van der Waals surface area contributed by atoms with Gasteiger partial charge in [-0.2, -0.15) is 8.42 Å². The molecule has 0 saturated heterocycles. The van der Waals surface area contributed by atoms with Crippen LogP contribution in [0.5, 0.6) is 0 Å². The van der Waals surface area contributed by atoms with Crippen LogP contribution in [0.3, 0.4) is 0 Å². The minimum absolute atomic E-state index is 0. The predicted molar refractivity (Wildman–Crippen MR) is 69.9 cm³/mol. The van der Waals surface area contributed by atoms with Crippen LogP contribution in [0.25, 0.3) is 0 Å². The molecule has 102 valence electrons. The summed E-state index contributed by atoms with van der Waals surface area (Å²) in [4.78, 5) is 0.257. The second-order valence-corrected chi connectivity index (χ2v) is 5.70. The van der Waals surface area contributed by atoms with E-state index in [4.69, 9.17) is 4.55 Å². The molecule has 1 N–H and O–H groups in total. The maximum Gasteiger partial charge on any atom is 1.00 e. The molecule has 1 atom stereocenters. The van der Waals surface area contributed by atoms with Crippen molar-refractivity contribution < 1.29 is 73.1 Å². The van der Waals surface area contributed by atoms with Crippen molar-refractivity contribution in [3.63, 3.8) is 0 Å². The molecule has 2 aromatic carbocycles. The molecule has 20 heavy (non-hydrogen) atoms. The normalized spacial score (nSPS) is 11.5. The Labute approximate surface area is 162 Å². The van der Waals surface area contributed by atoms with Crippen LogP contribution in [-0.4, -0.2) is 21.7 Å². The van der Waals surface area contributed by atoms with Gasteiger partial charge in [0.2, 0.25) is 0 Å². The Morgan fingerprint density at radius 2 is 1.30 bits per heavy atom. The fourth-order valence-corrected chi connectivity index (χ4v) is 2.00. The van der Waals surface area contributed by atoms with Crippen molar-refractivity contribution >= 4 is 21.2 Å². The van der Waals surface area contributed by atoms with Crippen molar-refractivity contribution in [3.05, 3.63) is 60.7 Å². The second kappa shape index (κ2) is 9.93. The minimum atomic E-state index is -4.00. The number of hydrogen-bond acceptors (Lipinski definition) is 4. The largest absolute Gasteiger partial charge is 1.00 e. The van der Waals surface area contributed by atoms with Gasteiger partial charge in [0.05, 0.1) is 4.90 Å². The Kier molecular flexibility index (Phi) is 9.98. The van der Waals surface area contributed by atoms with Crippen LogP contribution in [-0.2, 0) is 21.2 Å². The third kappa shape index (κ3) is 7.77. The van der Waals surface area contributed by atoms with Gasteiger partial charge in [0, 0.05) is 4.90 Å². The molecule has 2 aromatic rings. The summed E-state index contributed by atoms with van der Waals surface area (Å²) in [6, 6.07) is 15.7. The third-order valence-electron chi connectivity index (χ3n) is 1.98. The van der Waals surface area contributed by atoms with E-state index in [0.29, 0.717) is 4.90 Å². The summed E-state index contributed by atoms with van der Waals surface area (Å²) in [5.41, 5.74) is 0. The van der Waals surface area contributed by atoms with Crippen LogP contribution >= 0.6 is 0 Å². The average Bonchev–Trinajstić information content (AvgIpc) is 2.40. The first kappa shape index (κ1) is 20.1. The molecule has 1 unspecified atom stereocenters. The molecule has 0 amide bonds. The van der Waals surface area contributed by atoms with Crippen LogP contribution in [0.4, 0.5) is 0 Å². The van der Waals surface area contributed by atoms with E-state index in [1.54, 1.807) is 48.5 Å². The monoisotopic (exact) mass is 338 g/mol. The van der Waals surface area contributed by atoms with Crippen molar-refractivity contribution in [2.24, 2.45) is 0 Å². The van der Waals surface area contributed by atoms with Gasteiger partial charge < -0.3 is 4.55 Å². The molecular formula is C12H11KO5S2. The summed E-state index contributed by atoms with van der Waals surface area (Å²) in [7, 11) is -4.00. The fourth-order valence-electron chi connectivity index (χ4n) is 1.12. The van der Waals surface area contributed by atoms with Crippen molar-refractivity contribution in [2.75, 3.05) is 0 Å². The van der Waals surface area contributed by atoms with Gasteiger partial charge in [-0.25, -0.2) is 0 Å². The average molecular weight is 338 g/mol. The molecule has 0 bridgehead atoms. The topological polar surface area (TPSA) is 94.5 Å². The van der Waals surface area contributed by atoms with E-state index in [1.807, 2.05) is 0 Å². The van der Waals surface area contributed by atoms with E-state index in [-0.39, 0.29) is 56.3 Å². The molecule has 8 heteroatoms. The maximum atomic E-state index is 10.4. The van der Waals surface area contributed by atoms with Gasteiger partial charge >= 0.3 is 51.4 Å². The Morgan fingerprint density at radius 1 is 0.900 bits per heavy atom. The van der Waals surface area contributed by atoms with Crippen molar-refractivity contribution in [3.8, 4) is 0 Å². The van der Waals surface area contributed by atoms with E-state index in [1.165, 1.54) is 12.1 Å². The molecule has 0 aliphatic heterocycles. The quantitative estimate of drug-likeness (QED) is 0.424. The smallest absolute Gasteiger partial charge is 0.768 e. The number of rotatable bonds is 2. The van der Waals surface area contributed by atoms with Gasteiger partial charge in [-0.1, -0.05) is 36.4 Å². The molecule has 0 saturated carbocycles. The first-order valence-electron chi connectivity index (χ1n) is 5.08. The summed E-state index contributed by atoms with van der Waals surface area (Å²) in [6.45, 7) is 0.